The van der Waals surface area contributed by atoms with Crippen molar-refractivity contribution in [2.75, 3.05) is 11.9 Å². The molecule has 4 rings (SSSR count). The molecule has 0 bridgehead atoms. The van der Waals surface area contributed by atoms with Gasteiger partial charge in [-0.15, -0.1) is 0 Å². The first-order valence-corrected chi connectivity index (χ1v) is 9.34. The van der Waals surface area contributed by atoms with Gasteiger partial charge in [-0.1, -0.05) is 0 Å². The number of fused-ring (bicyclic) bond motifs is 1. The number of halogens is 2. The summed E-state index contributed by atoms with van der Waals surface area (Å²) < 4.78 is 28.7. The van der Waals surface area contributed by atoms with Gasteiger partial charge in [-0.25, -0.2) is 13.8 Å². The largest absolute Gasteiger partial charge is 0.340 e. The summed E-state index contributed by atoms with van der Waals surface area (Å²) in [7, 11) is 0. The lowest BCUT2D eigenvalue weighted by atomic mass is 10.1. The highest BCUT2D eigenvalue weighted by molar-refractivity contribution is 5.82. The summed E-state index contributed by atoms with van der Waals surface area (Å²) in [5.41, 5.74) is 7.82. The molecule has 1 aliphatic heterocycles. The summed E-state index contributed by atoms with van der Waals surface area (Å²) in [6.07, 6.45) is 0. The van der Waals surface area contributed by atoms with Crippen molar-refractivity contribution in [2.24, 2.45) is 5.73 Å². The summed E-state index contributed by atoms with van der Waals surface area (Å²) in [6.45, 7) is 3.03. The number of nitrogens with two attached hydrogens (primary N) is 1. The van der Waals surface area contributed by atoms with E-state index in [-0.39, 0.29) is 17.5 Å². The fraction of sp³-hybridized carbons (Fsp3) is 0.238. The van der Waals surface area contributed by atoms with Crippen LogP contribution in [0.5, 0.6) is 0 Å². The molecule has 150 valence electrons. The van der Waals surface area contributed by atoms with E-state index in [4.69, 9.17) is 10.7 Å². The maximum Gasteiger partial charge on any atom is 0.239 e. The van der Waals surface area contributed by atoms with Crippen molar-refractivity contribution in [3.05, 3.63) is 66.0 Å². The van der Waals surface area contributed by atoms with Gasteiger partial charge in [0.15, 0.2) is 0 Å². The average molecular weight is 397 g/mol. The number of nitrogens with zero attached hydrogens (tertiary/aromatic N) is 3. The van der Waals surface area contributed by atoms with E-state index in [1.54, 1.807) is 36.1 Å². The predicted molar refractivity (Wildman–Crippen MR) is 106 cm³/mol. The molecule has 1 atom stereocenters. The highest BCUT2D eigenvalue weighted by Crippen LogP contribution is 2.33. The fourth-order valence-corrected chi connectivity index (χ4v) is 3.41. The molecule has 29 heavy (non-hydrogen) atoms. The van der Waals surface area contributed by atoms with Gasteiger partial charge in [-0.2, -0.15) is 0 Å². The first kappa shape index (κ1) is 19.1. The van der Waals surface area contributed by atoms with Gasteiger partial charge >= 0.3 is 0 Å². The molecule has 3 aromatic rings. The van der Waals surface area contributed by atoms with Gasteiger partial charge in [0.25, 0.3) is 0 Å². The molecule has 1 amide bonds. The molecule has 2 aromatic carbocycles. The molecule has 0 spiro atoms. The van der Waals surface area contributed by atoms with Crippen LogP contribution in [0.4, 0.5) is 20.3 Å². The maximum absolute atomic E-state index is 13.4. The van der Waals surface area contributed by atoms with Gasteiger partial charge in [-0.05, 0) is 55.5 Å². The van der Waals surface area contributed by atoms with Crippen molar-refractivity contribution in [3.63, 3.8) is 0 Å². The molecule has 8 heteroatoms. The van der Waals surface area contributed by atoms with Crippen molar-refractivity contribution < 1.29 is 13.6 Å². The third-order valence-corrected chi connectivity index (χ3v) is 4.90. The molecular formula is C21H21F2N5O. The number of carbonyl (C=O) groups is 1. The number of aromatic nitrogens is 2. The Morgan fingerprint density at radius 1 is 1.07 bits per heavy atom. The van der Waals surface area contributed by atoms with Crippen molar-refractivity contribution in [2.45, 2.75) is 26.1 Å². The molecule has 6 nitrogen and oxygen atoms in total. The lowest BCUT2D eigenvalue weighted by Crippen LogP contribution is -2.45. The zero-order valence-corrected chi connectivity index (χ0v) is 15.9. The summed E-state index contributed by atoms with van der Waals surface area (Å²) in [5, 5.41) is 3.30. The van der Waals surface area contributed by atoms with Crippen LogP contribution >= 0.6 is 0 Å². The van der Waals surface area contributed by atoms with E-state index in [0.29, 0.717) is 42.7 Å². The van der Waals surface area contributed by atoms with E-state index in [0.717, 1.165) is 5.56 Å². The third kappa shape index (κ3) is 3.84. The molecule has 0 saturated carbocycles. The van der Waals surface area contributed by atoms with E-state index < -0.39 is 6.04 Å². The molecule has 0 saturated heterocycles. The van der Waals surface area contributed by atoms with Gasteiger partial charge < -0.3 is 20.5 Å². The molecule has 0 radical (unpaired) electrons. The number of amides is 1. The monoisotopic (exact) mass is 397 g/mol. The molecule has 0 unspecified atom stereocenters. The minimum atomic E-state index is -0.579. The van der Waals surface area contributed by atoms with Crippen LogP contribution in [-0.4, -0.2) is 32.9 Å². The van der Waals surface area contributed by atoms with Crippen molar-refractivity contribution in [3.8, 4) is 11.3 Å². The van der Waals surface area contributed by atoms with Crippen LogP contribution in [0.2, 0.25) is 0 Å². The number of nitrogens with one attached hydrogen (secondary N) is 1. The van der Waals surface area contributed by atoms with Gasteiger partial charge in [0, 0.05) is 24.3 Å². The zero-order chi connectivity index (χ0) is 20.5. The lowest BCUT2D eigenvalue weighted by Gasteiger charge is -2.29. The van der Waals surface area contributed by atoms with E-state index in [1.807, 2.05) is 4.57 Å². The van der Waals surface area contributed by atoms with Gasteiger partial charge in [0.1, 0.15) is 29.0 Å². The molecule has 3 N–H and O–H groups in total. The predicted octanol–water partition coefficient (Wildman–Crippen LogP) is 3.26. The number of anilines is 2. The second-order valence-electron chi connectivity index (χ2n) is 7.06. The Morgan fingerprint density at radius 2 is 1.69 bits per heavy atom. The Labute approximate surface area is 167 Å². The van der Waals surface area contributed by atoms with Crippen LogP contribution in [0.1, 0.15) is 12.7 Å². The summed E-state index contributed by atoms with van der Waals surface area (Å²) >= 11 is 0. The number of rotatable bonds is 4. The van der Waals surface area contributed by atoms with Crippen LogP contribution in [0, 0.1) is 11.6 Å². The van der Waals surface area contributed by atoms with Crippen LogP contribution in [0.3, 0.4) is 0 Å². The van der Waals surface area contributed by atoms with Crippen LogP contribution in [0.15, 0.2) is 48.5 Å². The first-order valence-electron chi connectivity index (χ1n) is 9.34. The summed E-state index contributed by atoms with van der Waals surface area (Å²) in [6, 6.07) is 11.5. The smallest absolute Gasteiger partial charge is 0.239 e. The molecule has 0 aliphatic carbocycles. The van der Waals surface area contributed by atoms with Crippen molar-refractivity contribution in [1.29, 1.82) is 0 Å². The molecule has 2 heterocycles. The Bertz CT molecular complexity index is 1030. The van der Waals surface area contributed by atoms with E-state index in [1.165, 1.54) is 24.3 Å². The van der Waals surface area contributed by atoms with E-state index in [2.05, 4.69) is 5.32 Å². The summed E-state index contributed by atoms with van der Waals surface area (Å²) in [5.74, 6) is 0.630. The Kier molecular flexibility index (Phi) is 5.02. The first-order chi connectivity index (χ1) is 13.9. The average Bonchev–Trinajstić information content (AvgIpc) is 3.07. The van der Waals surface area contributed by atoms with Crippen LogP contribution in [-0.2, 0) is 17.9 Å². The Balaban J connectivity index is 1.74. The van der Waals surface area contributed by atoms with Crippen LogP contribution in [0.25, 0.3) is 11.3 Å². The van der Waals surface area contributed by atoms with E-state index in [9.17, 15) is 13.6 Å². The number of imidazole rings is 1. The van der Waals surface area contributed by atoms with E-state index >= 15 is 0 Å². The fourth-order valence-electron chi connectivity index (χ4n) is 3.41. The quantitative estimate of drug-likeness (QED) is 0.709. The second kappa shape index (κ2) is 7.63. The van der Waals surface area contributed by atoms with Crippen molar-refractivity contribution in [1.82, 2.24) is 14.5 Å². The third-order valence-electron chi connectivity index (χ3n) is 4.90. The van der Waals surface area contributed by atoms with Gasteiger partial charge in [-0.3, -0.25) is 4.79 Å². The molecule has 1 aromatic heterocycles. The Morgan fingerprint density at radius 3 is 2.31 bits per heavy atom. The standard InChI is InChI=1S/C21H21F2N5O/c1-13(24)21(29)27-10-11-28-18(12-27)26-19(14-2-4-15(22)5-3-14)20(28)25-17-8-6-16(23)7-9-17/h2-9,13,25H,10-12,24H2,1H3/t13-/m0/s1. The summed E-state index contributed by atoms with van der Waals surface area (Å²) in [4.78, 5) is 18.7. The minimum absolute atomic E-state index is 0.129. The normalized spacial score (nSPS) is 14.4. The number of carbonyl (C=O) groups excluding carboxylic acids is 1. The SMILES string of the molecule is C[C@H](N)C(=O)N1CCn2c(nc(-c3ccc(F)cc3)c2Nc2ccc(F)cc2)C1. The number of benzene rings is 2. The minimum Gasteiger partial charge on any atom is -0.340 e. The molecule has 0 fully saturated rings. The number of hydrogen-bond donors (Lipinski definition) is 2. The lowest BCUT2D eigenvalue weighted by molar-refractivity contribution is -0.133. The number of hydrogen-bond acceptors (Lipinski definition) is 4. The highest BCUT2D eigenvalue weighted by atomic mass is 19.1. The van der Waals surface area contributed by atoms with Crippen LogP contribution < -0.4 is 11.1 Å². The molecular weight excluding hydrogens is 376 g/mol. The van der Waals surface area contributed by atoms with Gasteiger partial charge in [0.2, 0.25) is 5.91 Å². The zero-order valence-electron chi connectivity index (χ0n) is 15.9. The topological polar surface area (TPSA) is 76.2 Å². The maximum atomic E-state index is 13.4. The van der Waals surface area contributed by atoms with Crippen molar-refractivity contribution >= 4 is 17.4 Å². The molecule has 1 aliphatic rings. The second-order valence-corrected chi connectivity index (χ2v) is 7.06. The highest BCUT2D eigenvalue weighted by Gasteiger charge is 2.28. The Hall–Kier alpha value is -3.26. The van der Waals surface area contributed by atoms with Gasteiger partial charge in [0.05, 0.1) is 12.6 Å².